The number of carbonyl (C=O) groups is 2. The van der Waals surface area contributed by atoms with Crippen LogP contribution in [-0.4, -0.2) is 29.2 Å². The number of nitrogens with one attached hydrogen (secondary N) is 2. The fourth-order valence-corrected chi connectivity index (χ4v) is 2.93. The molecule has 0 radical (unpaired) electrons. The largest absolute Gasteiger partial charge is 0.507 e. The van der Waals surface area contributed by atoms with Crippen molar-refractivity contribution < 1.29 is 14.7 Å². The van der Waals surface area contributed by atoms with Gasteiger partial charge in [-0.2, -0.15) is 5.10 Å². The summed E-state index contributed by atoms with van der Waals surface area (Å²) in [4.78, 5) is 24.9. The molecule has 0 saturated carbocycles. The van der Waals surface area contributed by atoms with Gasteiger partial charge in [0.05, 0.1) is 20.7 Å². The van der Waals surface area contributed by atoms with E-state index in [2.05, 4.69) is 31.8 Å². The summed E-state index contributed by atoms with van der Waals surface area (Å²) < 4.78 is 0.511. The van der Waals surface area contributed by atoms with Crippen molar-refractivity contribution in [2.75, 3.05) is 0 Å². The van der Waals surface area contributed by atoms with Gasteiger partial charge in [-0.15, -0.1) is 0 Å². The van der Waals surface area contributed by atoms with Crippen molar-refractivity contribution in [2.45, 2.75) is 19.9 Å². The number of aromatic hydroxyl groups is 1. The average molecular weight is 487 g/mol. The molecular formula is C19H18BrCl2N3O3. The van der Waals surface area contributed by atoms with E-state index in [0.29, 0.717) is 20.6 Å². The molecule has 0 aliphatic heterocycles. The fraction of sp³-hybridized carbons (Fsp3) is 0.211. The Bertz CT molecular complexity index is 919. The number of rotatable bonds is 6. The Morgan fingerprint density at radius 1 is 1.14 bits per heavy atom. The lowest BCUT2D eigenvalue weighted by Gasteiger charge is -2.20. The minimum absolute atomic E-state index is 0.103. The number of hydrazone groups is 1. The zero-order valence-electron chi connectivity index (χ0n) is 15.0. The van der Waals surface area contributed by atoms with Gasteiger partial charge < -0.3 is 10.4 Å². The summed E-state index contributed by atoms with van der Waals surface area (Å²) in [5.41, 5.74) is 3.38. The van der Waals surface area contributed by atoms with E-state index in [1.807, 2.05) is 0 Å². The highest BCUT2D eigenvalue weighted by molar-refractivity contribution is 9.10. The number of phenolic OH excluding ortho intramolecular Hbond substituents is 1. The third kappa shape index (κ3) is 5.95. The molecule has 0 fully saturated rings. The normalized spacial score (nSPS) is 12.2. The topological polar surface area (TPSA) is 90.8 Å². The summed E-state index contributed by atoms with van der Waals surface area (Å²) in [6.07, 6.45) is 1.43. The zero-order valence-corrected chi connectivity index (χ0v) is 18.1. The molecule has 2 amide bonds. The Morgan fingerprint density at radius 3 is 2.46 bits per heavy atom. The number of nitrogens with zero attached hydrogens (tertiary/aromatic N) is 1. The second-order valence-electron chi connectivity index (χ2n) is 6.27. The molecule has 1 unspecified atom stereocenters. The van der Waals surface area contributed by atoms with Gasteiger partial charge in [-0.05, 0) is 63.8 Å². The average Bonchev–Trinajstić information content (AvgIpc) is 2.64. The number of benzene rings is 2. The van der Waals surface area contributed by atoms with Crippen LogP contribution in [0.3, 0.4) is 0 Å². The molecule has 0 aliphatic rings. The second kappa shape index (κ2) is 9.91. The number of hydrogen-bond donors (Lipinski definition) is 3. The van der Waals surface area contributed by atoms with E-state index in [4.69, 9.17) is 23.2 Å². The molecule has 0 heterocycles. The SMILES string of the molecule is CC(C)C(NC(=O)c1ccc(Cl)c(Cl)c1)C(=O)N/N=C/c1ccc(O)c(Br)c1. The Labute approximate surface area is 181 Å². The standard InChI is InChI=1S/C19H18BrCl2N3O3/c1-10(2)17(24-18(27)12-4-5-14(21)15(22)8-12)19(28)25-23-9-11-3-6-16(26)13(20)7-11/h3-10,17,26H,1-2H3,(H,24,27)(H,25,28)/b23-9+. The molecule has 148 valence electrons. The van der Waals surface area contributed by atoms with Crippen LogP contribution in [0.25, 0.3) is 0 Å². The molecule has 0 saturated heterocycles. The van der Waals surface area contributed by atoms with Crippen molar-refractivity contribution >= 4 is 57.2 Å². The zero-order chi connectivity index (χ0) is 20.8. The first-order chi connectivity index (χ1) is 13.2. The lowest BCUT2D eigenvalue weighted by atomic mass is 10.0. The van der Waals surface area contributed by atoms with Gasteiger partial charge in [0.25, 0.3) is 11.8 Å². The smallest absolute Gasteiger partial charge is 0.262 e. The highest BCUT2D eigenvalue weighted by atomic mass is 79.9. The maximum absolute atomic E-state index is 12.4. The van der Waals surface area contributed by atoms with Gasteiger partial charge in [0.15, 0.2) is 0 Å². The molecule has 0 spiro atoms. The number of phenols is 1. The predicted octanol–water partition coefficient (Wildman–Crippen LogP) is 4.37. The Hall–Kier alpha value is -2.09. The van der Waals surface area contributed by atoms with E-state index in [0.717, 1.165) is 0 Å². The van der Waals surface area contributed by atoms with Gasteiger partial charge in [0, 0.05) is 5.56 Å². The molecule has 0 aliphatic carbocycles. The Balaban J connectivity index is 2.04. The van der Waals surface area contributed by atoms with Crippen LogP contribution in [0.15, 0.2) is 46.0 Å². The number of halogens is 3. The highest BCUT2D eigenvalue weighted by Gasteiger charge is 2.24. The van der Waals surface area contributed by atoms with E-state index in [9.17, 15) is 14.7 Å². The lowest BCUT2D eigenvalue weighted by Crippen LogP contribution is -2.48. The van der Waals surface area contributed by atoms with Crippen molar-refractivity contribution in [3.05, 3.63) is 62.0 Å². The molecule has 0 bridgehead atoms. The van der Waals surface area contributed by atoms with E-state index < -0.39 is 17.9 Å². The van der Waals surface area contributed by atoms with E-state index in [1.54, 1.807) is 26.0 Å². The first-order valence-electron chi connectivity index (χ1n) is 8.26. The molecule has 1 atom stereocenters. The third-order valence-corrected chi connectivity index (χ3v) is 5.15. The van der Waals surface area contributed by atoms with Crippen molar-refractivity contribution in [3.8, 4) is 5.75 Å². The van der Waals surface area contributed by atoms with Crippen LogP contribution in [0.5, 0.6) is 5.75 Å². The first-order valence-corrected chi connectivity index (χ1v) is 9.81. The molecule has 9 heteroatoms. The van der Waals surface area contributed by atoms with Crippen LogP contribution < -0.4 is 10.7 Å². The number of carbonyl (C=O) groups excluding carboxylic acids is 2. The van der Waals surface area contributed by atoms with Gasteiger partial charge in [-0.25, -0.2) is 5.43 Å². The minimum Gasteiger partial charge on any atom is -0.507 e. The van der Waals surface area contributed by atoms with Crippen LogP contribution >= 0.6 is 39.1 Å². The van der Waals surface area contributed by atoms with Crippen LogP contribution in [0.4, 0.5) is 0 Å². The number of hydrogen-bond acceptors (Lipinski definition) is 4. The van der Waals surface area contributed by atoms with Crippen molar-refractivity contribution in [2.24, 2.45) is 11.0 Å². The monoisotopic (exact) mass is 485 g/mol. The van der Waals surface area contributed by atoms with Crippen molar-refractivity contribution in [1.82, 2.24) is 10.7 Å². The molecule has 28 heavy (non-hydrogen) atoms. The lowest BCUT2D eigenvalue weighted by molar-refractivity contribution is -0.123. The molecule has 2 aromatic carbocycles. The van der Waals surface area contributed by atoms with Crippen LogP contribution in [0, 0.1) is 5.92 Å². The minimum atomic E-state index is -0.800. The predicted molar refractivity (Wildman–Crippen MR) is 114 cm³/mol. The highest BCUT2D eigenvalue weighted by Crippen LogP contribution is 2.24. The molecule has 2 rings (SSSR count). The Morgan fingerprint density at radius 2 is 1.86 bits per heavy atom. The van der Waals surface area contributed by atoms with Crippen LogP contribution in [-0.2, 0) is 4.79 Å². The quantitative estimate of drug-likeness (QED) is 0.418. The first kappa shape index (κ1) is 22.2. The van der Waals surface area contributed by atoms with Crippen LogP contribution in [0.2, 0.25) is 10.0 Å². The summed E-state index contributed by atoms with van der Waals surface area (Å²) in [6, 6.07) is 8.48. The maximum Gasteiger partial charge on any atom is 0.262 e. The van der Waals surface area contributed by atoms with Gasteiger partial charge in [-0.3, -0.25) is 9.59 Å². The summed E-state index contributed by atoms with van der Waals surface area (Å²) in [5, 5.41) is 16.7. The number of amides is 2. The van der Waals surface area contributed by atoms with Crippen molar-refractivity contribution in [3.63, 3.8) is 0 Å². The molecule has 2 aromatic rings. The van der Waals surface area contributed by atoms with Crippen molar-refractivity contribution in [1.29, 1.82) is 0 Å². The second-order valence-corrected chi connectivity index (χ2v) is 7.94. The molecule has 6 nitrogen and oxygen atoms in total. The molecular weight excluding hydrogens is 469 g/mol. The third-order valence-electron chi connectivity index (χ3n) is 3.78. The molecule has 3 N–H and O–H groups in total. The summed E-state index contributed by atoms with van der Waals surface area (Å²) in [5.74, 6) is -0.979. The van der Waals surface area contributed by atoms with E-state index in [1.165, 1.54) is 30.5 Å². The Kier molecular flexibility index (Phi) is 7.86. The van der Waals surface area contributed by atoms with Crippen LogP contribution in [0.1, 0.15) is 29.8 Å². The maximum atomic E-state index is 12.4. The van der Waals surface area contributed by atoms with Gasteiger partial charge >= 0.3 is 0 Å². The summed E-state index contributed by atoms with van der Waals surface area (Å²) >= 11 is 15.0. The van der Waals surface area contributed by atoms with Gasteiger partial charge in [0.1, 0.15) is 11.8 Å². The van der Waals surface area contributed by atoms with E-state index >= 15 is 0 Å². The summed E-state index contributed by atoms with van der Waals surface area (Å²) in [7, 11) is 0. The molecule has 0 aromatic heterocycles. The van der Waals surface area contributed by atoms with Gasteiger partial charge in [-0.1, -0.05) is 37.0 Å². The fourth-order valence-electron chi connectivity index (χ4n) is 2.24. The van der Waals surface area contributed by atoms with Gasteiger partial charge in [0.2, 0.25) is 0 Å². The van der Waals surface area contributed by atoms with E-state index in [-0.39, 0.29) is 16.7 Å². The summed E-state index contributed by atoms with van der Waals surface area (Å²) in [6.45, 7) is 3.61.